The van der Waals surface area contributed by atoms with Crippen molar-refractivity contribution in [1.29, 1.82) is 0 Å². The van der Waals surface area contributed by atoms with Gasteiger partial charge in [0.2, 0.25) is 0 Å². The second-order valence-corrected chi connectivity index (χ2v) is 5.82. The van der Waals surface area contributed by atoms with E-state index in [9.17, 15) is 4.79 Å². The lowest BCUT2D eigenvalue weighted by Crippen LogP contribution is -2.33. The molecular formula is C15H19ClIN3O. The van der Waals surface area contributed by atoms with Crippen LogP contribution in [0.5, 0.6) is 0 Å². The average molecular weight is 420 g/mol. The predicted octanol–water partition coefficient (Wildman–Crippen LogP) is 2.80. The van der Waals surface area contributed by atoms with Crippen LogP contribution < -0.4 is 5.32 Å². The summed E-state index contributed by atoms with van der Waals surface area (Å²) in [6.07, 6.45) is 1.92. The highest BCUT2D eigenvalue weighted by Crippen LogP contribution is 2.16. The quantitative estimate of drug-likeness (QED) is 0.757. The molecule has 21 heavy (non-hydrogen) atoms. The van der Waals surface area contributed by atoms with Crippen molar-refractivity contribution in [2.24, 2.45) is 0 Å². The van der Waals surface area contributed by atoms with Crippen LogP contribution in [0.4, 0.5) is 0 Å². The number of aromatic nitrogens is 1. The molecule has 0 bridgehead atoms. The molecular weight excluding hydrogens is 401 g/mol. The topological polar surface area (TPSA) is 37.3 Å². The summed E-state index contributed by atoms with van der Waals surface area (Å²) in [6.45, 7) is 1.47. The summed E-state index contributed by atoms with van der Waals surface area (Å²) in [4.78, 5) is 14.2. The number of nitrogens with one attached hydrogen (secondary N) is 1. The minimum Gasteiger partial charge on any atom is -0.339 e. The van der Waals surface area contributed by atoms with Gasteiger partial charge in [-0.25, -0.2) is 0 Å². The molecule has 0 spiro atoms. The van der Waals surface area contributed by atoms with Gasteiger partial charge < -0.3 is 14.8 Å². The third-order valence-electron chi connectivity index (χ3n) is 3.10. The number of amides is 1. The number of halogens is 2. The van der Waals surface area contributed by atoms with E-state index in [1.54, 1.807) is 4.90 Å². The Hall–Kier alpha value is -1.05. The molecule has 0 aliphatic heterocycles. The summed E-state index contributed by atoms with van der Waals surface area (Å²) in [6, 6.07) is 11.9. The van der Waals surface area contributed by atoms with Gasteiger partial charge in [-0.1, -0.05) is 6.07 Å². The Balaban J connectivity index is 0.00000220. The van der Waals surface area contributed by atoms with Crippen LogP contribution in [0.1, 0.15) is 10.5 Å². The molecule has 0 saturated carbocycles. The van der Waals surface area contributed by atoms with Crippen molar-refractivity contribution in [2.75, 3.05) is 27.2 Å². The Morgan fingerprint density at radius 1 is 1.33 bits per heavy atom. The van der Waals surface area contributed by atoms with Crippen LogP contribution in [0.2, 0.25) is 0 Å². The molecule has 0 atom stereocenters. The van der Waals surface area contributed by atoms with Crippen molar-refractivity contribution in [2.45, 2.75) is 0 Å². The summed E-state index contributed by atoms with van der Waals surface area (Å²) in [5.41, 5.74) is 1.69. The van der Waals surface area contributed by atoms with E-state index in [-0.39, 0.29) is 18.3 Å². The number of hydrogen-bond donors (Lipinski definition) is 1. The van der Waals surface area contributed by atoms with Crippen molar-refractivity contribution >= 4 is 40.9 Å². The average Bonchev–Trinajstić information content (AvgIpc) is 2.93. The van der Waals surface area contributed by atoms with Gasteiger partial charge in [0.15, 0.2) is 0 Å². The van der Waals surface area contributed by atoms with Crippen LogP contribution in [0.3, 0.4) is 0 Å². The van der Waals surface area contributed by atoms with Gasteiger partial charge in [-0.2, -0.15) is 0 Å². The molecule has 0 aliphatic carbocycles. The van der Waals surface area contributed by atoms with E-state index in [4.69, 9.17) is 0 Å². The molecule has 2 rings (SSSR count). The van der Waals surface area contributed by atoms with Gasteiger partial charge in [-0.05, 0) is 60.0 Å². The Morgan fingerprint density at radius 2 is 2.10 bits per heavy atom. The zero-order valence-corrected chi connectivity index (χ0v) is 15.0. The van der Waals surface area contributed by atoms with Crippen LogP contribution in [0.25, 0.3) is 5.69 Å². The molecule has 6 heteroatoms. The van der Waals surface area contributed by atoms with E-state index >= 15 is 0 Å². The predicted molar refractivity (Wildman–Crippen MR) is 96.6 cm³/mol. The zero-order valence-electron chi connectivity index (χ0n) is 12.0. The number of likely N-dealkylation sites (N-methyl/N-ethyl adjacent to an activating group) is 2. The Morgan fingerprint density at radius 3 is 2.76 bits per heavy atom. The SMILES string of the molecule is CNCCN(C)C(=O)c1cccn1-c1cccc(I)c1.Cl. The van der Waals surface area contributed by atoms with E-state index in [0.29, 0.717) is 12.2 Å². The molecule has 1 aromatic heterocycles. The maximum Gasteiger partial charge on any atom is 0.270 e. The smallest absolute Gasteiger partial charge is 0.270 e. The lowest BCUT2D eigenvalue weighted by atomic mass is 10.3. The third kappa shape index (κ3) is 4.46. The van der Waals surface area contributed by atoms with E-state index in [1.165, 1.54) is 0 Å². The lowest BCUT2D eigenvalue weighted by Gasteiger charge is -2.18. The van der Waals surface area contributed by atoms with Gasteiger partial charge in [-0.15, -0.1) is 12.4 Å². The van der Waals surface area contributed by atoms with Gasteiger partial charge in [0.1, 0.15) is 5.69 Å². The van der Waals surface area contributed by atoms with E-state index in [2.05, 4.69) is 34.0 Å². The maximum atomic E-state index is 12.5. The lowest BCUT2D eigenvalue weighted by molar-refractivity contribution is 0.0789. The molecule has 0 saturated heterocycles. The standard InChI is InChI=1S/C15H18IN3O.ClH/c1-17-8-10-18(2)15(20)14-7-4-9-19(14)13-6-3-5-12(16)11-13;/h3-7,9,11,17H,8,10H2,1-2H3;1H. The van der Waals surface area contributed by atoms with Crippen LogP contribution in [0, 0.1) is 3.57 Å². The minimum atomic E-state index is 0. The van der Waals surface area contributed by atoms with Crippen molar-refractivity contribution in [3.05, 3.63) is 51.9 Å². The summed E-state index contributed by atoms with van der Waals surface area (Å²) < 4.78 is 3.08. The first kappa shape index (κ1) is 18.0. The van der Waals surface area contributed by atoms with Gasteiger partial charge in [0, 0.05) is 35.6 Å². The van der Waals surface area contributed by atoms with Crippen molar-refractivity contribution in [1.82, 2.24) is 14.8 Å². The van der Waals surface area contributed by atoms with Gasteiger partial charge in [-0.3, -0.25) is 4.79 Å². The summed E-state index contributed by atoms with van der Waals surface area (Å²) in [5, 5.41) is 3.05. The van der Waals surface area contributed by atoms with Crippen molar-refractivity contribution in [3.8, 4) is 5.69 Å². The van der Waals surface area contributed by atoms with Gasteiger partial charge in [0.25, 0.3) is 5.91 Å². The largest absolute Gasteiger partial charge is 0.339 e. The molecule has 4 nitrogen and oxygen atoms in total. The second-order valence-electron chi connectivity index (χ2n) is 4.57. The number of nitrogens with zero attached hydrogens (tertiary/aromatic N) is 2. The highest BCUT2D eigenvalue weighted by molar-refractivity contribution is 14.1. The molecule has 2 aromatic rings. The van der Waals surface area contributed by atoms with E-state index in [0.717, 1.165) is 15.8 Å². The van der Waals surface area contributed by atoms with E-state index < -0.39 is 0 Å². The molecule has 0 aliphatic rings. The normalized spacial score (nSPS) is 10.0. The fourth-order valence-corrected chi connectivity index (χ4v) is 2.51. The van der Waals surface area contributed by atoms with Crippen LogP contribution in [-0.2, 0) is 0 Å². The summed E-state index contributed by atoms with van der Waals surface area (Å²) in [5.74, 6) is 0.0316. The van der Waals surface area contributed by atoms with Gasteiger partial charge in [0.05, 0.1) is 0 Å². The maximum absolute atomic E-state index is 12.5. The van der Waals surface area contributed by atoms with Crippen molar-refractivity contribution < 1.29 is 4.79 Å². The Kier molecular flexibility index (Phi) is 7.21. The molecule has 1 aromatic carbocycles. The fraction of sp³-hybridized carbons (Fsp3) is 0.267. The second kappa shape index (κ2) is 8.41. The molecule has 1 amide bonds. The number of benzene rings is 1. The molecule has 0 unspecified atom stereocenters. The number of hydrogen-bond acceptors (Lipinski definition) is 2. The van der Waals surface area contributed by atoms with Gasteiger partial charge >= 0.3 is 0 Å². The Labute approximate surface area is 145 Å². The monoisotopic (exact) mass is 419 g/mol. The third-order valence-corrected chi connectivity index (χ3v) is 3.77. The summed E-state index contributed by atoms with van der Waals surface area (Å²) >= 11 is 2.27. The highest BCUT2D eigenvalue weighted by atomic mass is 127. The van der Waals surface area contributed by atoms with E-state index in [1.807, 2.05) is 55.2 Å². The molecule has 114 valence electrons. The molecule has 0 radical (unpaired) electrons. The highest BCUT2D eigenvalue weighted by Gasteiger charge is 2.16. The first-order chi connectivity index (χ1) is 9.63. The first-order valence-electron chi connectivity index (χ1n) is 6.47. The Bertz CT molecular complexity index is 600. The first-order valence-corrected chi connectivity index (χ1v) is 7.54. The summed E-state index contributed by atoms with van der Waals surface area (Å²) in [7, 11) is 3.71. The van der Waals surface area contributed by atoms with Crippen LogP contribution >= 0.6 is 35.0 Å². The molecule has 1 heterocycles. The minimum absolute atomic E-state index is 0. The number of carbonyl (C=O) groups excluding carboxylic acids is 1. The fourth-order valence-electron chi connectivity index (χ4n) is 1.98. The number of rotatable bonds is 5. The van der Waals surface area contributed by atoms with Crippen LogP contribution in [0.15, 0.2) is 42.6 Å². The zero-order chi connectivity index (χ0) is 14.5. The number of carbonyl (C=O) groups is 1. The molecule has 0 fully saturated rings. The van der Waals surface area contributed by atoms with Crippen LogP contribution in [-0.4, -0.2) is 42.6 Å². The molecule has 1 N–H and O–H groups in total. The van der Waals surface area contributed by atoms with Crippen molar-refractivity contribution in [3.63, 3.8) is 0 Å².